The van der Waals surface area contributed by atoms with Crippen molar-refractivity contribution < 1.29 is 0 Å². The molecule has 1 aromatic heterocycles. The average Bonchev–Trinajstić information content (AvgIpc) is 2.54. The standard InChI is InChI=1S/C7H11N5S/c1-13-5-2-3-12-4-9-11-7(12)6(8)10-5/h4,6H,2-3,8H2,1H3. The number of fused-ring (bicyclic) bond motifs is 1. The number of rotatable bonds is 0. The van der Waals surface area contributed by atoms with Crippen molar-refractivity contribution in [1.29, 1.82) is 0 Å². The summed E-state index contributed by atoms with van der Waals surface area (Å²) in [5.41, 5.74) is 5.83. The predicted molar refractivity (Wildman–Crippen MR) is 52.5 cm³/mol. The van der Waals surface area contributed by atoms with Gasteiger partial charge in [0.1, 0.15) is 6.33 Å². The zero-order valence-corrected chi connectivity index (χ0v) is 8.16. The van der Waals surface area contributed by atoms with Gasteiger partial charge >= 0.3 is 0 Å². The number of hydrogen-bond donors (Lipinski definition) is 1. The van der Waals surface area contributed by atoms with E-state index >= 15 is 0 Å². The van der Waals surface area contributed by atoms with E-state index in [0.29, 0.717) is 0 Å². The molecule has 0 fully saturated rings. The van der Waals surface area contributed by atoms with E-state index in [4.69, 9.17) is 5.73 Å². The summed E-state index contributed by atoms with van der Waals surface area (Å²) in [6.07, 6.45) is 4.28. The lowest BCUT2D eigenvalue weighted by molar-refractivity contribution is 0.632. The fraction of sp³-hybridized carbons (Fsp3) is 0.571. The molecule has 2 N–H and O–H groups in total. The summed E-state index contributed by atoms with van der Waals surface area (Å²) in [4.78, 5) is 4.34. The summed E-state index contributed by atoms with van der Waals surface area (Å²) in [5.74, 6) is 0.754. The van der Waals surface area contributed by atoms with Gasteiger partial charge in [-0.25, -0.2) is 0 Å². The van der Waals surface area contributed by atoms with E-state index < -0.39 is 0 Å². The van der Waals surface area contributed by atoms with Crippen LogP contribution in [0.2, 0.25) is 0 Å². The zero-order chi connectivity index (χ0) is 9.26. The van der Waals surface area contributed by atoms with Gasteiger partial charge in [0.15, 0.2) is 12.0 Å². The second-order valence-corrected chi connectivity index (χ2v) is 3.68. The molecule has 0 radical (unpaired) electrons. The molecule has 0 amide bonds. The molecular formula is C7H11N5S. The number of aromatic nitrogens is 3. The molecule has 2 heterocycles. The average molecular weight is 197 g/mol. The number of aliphatic imine (C=N–C) groups is 1. The molecule has 1 unspecified atom stereocenters. The molecule has 1 aliphatic heterocycles. The van der Waals surface area contributed by atoms with Crippen LogP contribution in [0.15, 0.2) is 11.3 Å². The van der Waals surface area contributed by atoms with Gasteiger partial charge in [0, 0.05) is 13.0 Å². The molecule has 1 aromatic rings. The summed E-state index contributed by atoms with van der Waals surface area (Å²) >= 11 is 1.65. The second kappa shape index (κ2) is 3.47. The molecule has 1 atom stereocenters. The first-order valence-electron chi connectivity index (χ1n) is 4.05. The molecule has 6 heteroatoms. The van der Waals surface area contributed by atoms with Crippen molar-refractivity contribution in [2.24, 2.45) is 10.7 Å². The molecule has 70 valence electrons. The Morgan fingerprint density at radius 2 is 2.54 bits per heavy atom. The van der Waals surface area contributed by atoms with E-state index in [1.165, 1.54) is 0 Å². The van der Waals surface area contributed by atoms with E-state index in [1.54, 1.807) is 18.1 Å². The third-order valence-corrected chi connectivity index (χ3v) is 2.78. The maximum atomic E-state index is 5.83. The van der Waals surface area contributed by atoms with Gasteiger partial charge in [0.05, 0.1) is 5.04 Å². The van der Waals surface area contributed by atoms with E-state index in [-0.39, 0.29) is 6.17 Å². The Morgan fingerprint density at radius 1 is 1.69 bits per heavy atom. The van der Waals surface area contributed by atoms with Gasteiger partial charge in [0.25, 0.3) is 0 Å². The number of nitrogens with two attached hydrogens (primary N) is 1. The van der Waals surface area contributed by atoms with Crippen LogP contribution in [-0.2, 0) is 6.54 Å². The Morgan fingerprint density at radius 3 is 3.31 bits per heavy atom. The minimum Gasteiger partial charge on any atom is -0.314 e. The molecule has 0 spiro atoms. The van der Waals surface area contributed by atoms with Crippen molar-refractivity contribution in [2.45, 2.75) is 19.1 Å². The molecule has 13 heavy (non-hydrogen) atoms. The van der Waals surface area contributed by atoms with E-state index in [2.05, 4.69) is 15.2 Å². The lowest BCUT2D eigenvalue weighted by Gasteiger charge is -2.03. The van der Waals surface area contributed by atoms with Crippen molar-refractivity contribution in [3.63, 3.8) is 0 Å². The first kappa shape index (κ1) is 8.71. The van der Waals surface area contributed by atoms with Crippen LogP contribution in [0, 0.1) is 0 Å². The number of thioether (sulfide) groups is 1. The highest BCUT2D eigenvalue weighted by Gasteiger charge is 2.17. The van der Waals surface area contributed by atoms with Crippen LogP contribution in [0.3, 0.4) is 0 Å². The van der Waals surface area contributed by atoms with Crippen molar-refractivity contribution >= 4 is 16.8 Å². The van der Waals surface area contributed by atoms with Crippen molar-refractivity contribution in [1.82, 2.24) is 14.8 Å². The molecular weight excluding hydrogens is 186 g/mol. The van der Waals surface area contributed by atoms with E-state index in [0.717, 1.165) is 23.8 Å². The quantitative estimate of drug-likeness (QED) is 0.653. The molecule has 0 aromatic carbocycles. The maximum absolute atomic E-state index is 5.83. The Kier molecular flexibility index (Phi) is 2.32. The largest absolute Gasteiger partial charge is 0.314 e. The fourth-order valence-corrected chi connectivity index (χ4v) is 1.83. The topological polar surface area (TPSA) is 69.1 Å². The van der Waals surface area contributed by atoms with Crippen LogP contribution in [0.1, 0.15) is 18.4 Å². The van der Waals surface area contributed by atoms with Crippen LogP contribution in [0.25, 0.3) is 0 Å². The van der Waals surface area contributed by atoms with Crippen molar-refractivity contribution in [2.75, 3.05) is 6.26 Å². The van der Waals surface area contributed by atoms with Gasteiger partial charge in [-0.1, -0.05) is 0 Å². The molecule has 0 saturated heterocycles. The summed E-state index contributed by atoms with van der Waals surface area (Å²) in [7, 11) is 0. The fourth-order valence-electron chi connectivity index (χ4n) is 1.31. The smallest absolute Gasteiger partial charge is 0.172 e. The van der Waals surface area contributed by atoms with Crippen molar-refractivity contribution in [3.8, 4) is 0 Å². The summed E-state index contributed by atoms with van der Waals surface area (Å²) in [5, 5.41) is 8.82. The van der Waals surface area contributed by atoms with Gasteiger partial charge in [-0.3, -0.25) is 4.99 Å². The summed E-state index contributed by atoms with van der Waals surface area (Å²) in [6.45, 7) is 0.871. The highest BCUT2D eigenvalue weighted by molar-refractivity contribution is 8.13. The lowest BCUT2D eigenvalue weighted by atomic mass is 10.4. The Labute approximate surface area is 80.4 Å². The third-order valence-electron chi connectivity index (χ3n) is 2.00. The molecule has 0 bridgehead atoms. The molecule has 0 saturated carbocycles. The Hall–Kier alpha value is -0.880. The Bertz CT molecular complexity index is 331. The van der Waals surface area contributed by atoms with Crippen LogP contribution < -0.4 is 5.73 Å². The summed E-state index contributed by atoms with van der Waals surface area (Å²) < 4.78 is 1.96. The van der Waals surface area contributed by atoms with Gasteiger partial charge in [-0.2, -0.15) is 0 Å². The summed E-state index contributed by atoms with van der Waals surface area (Å²) in [6, 6.07) is 0. The van der Waals surface area contributed by atoms with Crippen LogP contribution in [-0.4, -0.2) is 26.1 Å². The second-order valence-electron chi connectivity index (χ2n) is 2.80. The SMILES string of the molecule is CSC1=NC(N)c2nncn2CC1. The Balaban J connectivity index is 2.33. The molecule has 2 rings (SSSR count). The third kappa shape index (κ3) is 1.59. The minimum atomic E-state index is -0.354. The van der Waals surface area contributed by atoms with Crippen LogP contribution in [0.5, 0.6) is 0 Å². The van der Waals surface area contributed by atoms with Crippen LogP contribution in [0.4, 0.5) is 0 Å². The molecule has 5 nitrogen and oxygen atoms in total. The number of aryl methyl sites for hydroxylation is 1. The zero-order valence-electron chi connectivity index (χ0n) is 7.34. The van der Waals surface area contributed by atoms with Crippen molar-refractivity contribution in [3.05, 3.63) is 12.2 Å². The normalized spacial score (nSPS) is 22.0. The molecule has 1 aliphatic rings. The van der Waals surface area contributed by atoms with Gasteiger partial charge in [-0.05, 0) is 6.26 Å². The highest BCUT2D eigenvalue weighted by Crippen LogP contribution is 2.17. The minimum absolute atomic E-state index is 0.354. The van der Waals surface area contributed by atoms with Gasteiger partial charge in [0.2, 0.25) is 0 Å². The predicted octanol–water partition coefficient (Wildman–Crippen LogP) is 0.401. The van der Waals surface area contributed by atoms with Gasteiger partial charge < -0.3 is 10.3 Å². The van der Waals surface area contributed by atoms with Gasteiger partial charge in [-0.15, -0.1) is 22.0 Å². The number of hydrogen-bond acceptors (Lipinski definition) is 5. The molecule has 0 aliphatic carbocycles. The first-order valence-corrected chi connectivity index (χ1v) is 5.27. The number of nitrogens with zero attached hydrogens (tertiary/aromatic N) is 4. The lowest BCUT2D eigenvalue weighted by Crippen LogP contribution is -2.12. The maximum Gasteiger partial charge on any atom is 0.172 e. The highest BCUT2D eigenvalue weighted by atomic mass is 32.2. The van der Waals surface area contributed by atoms with Crippen LogP contribution >= 0.6 is 11.8 Å². The van der Waals surface area contributed by atoms with E-state index in [1.807, 2.05) is 10.8 Å². The monoisotopic (exact) mass is 197 g/mol. The van der Waals surface area contributed by atoms with E-state index in [9.17, 15) is 0 Å². The first-order chi connectivity index (χ1) is 6.31.